The largest absolute Gasteiger partial charge is 0.457 e. The van der Waals surface area contributed by atoms with Gasteiger partial charge >= 0.3 is 20.2 Å². The van der Waals surface area contributed by atoms with Gasteiger partial charge in [-0.15, -0.1) is 18.7 Å². The van der Waals surface area contributed by atoms with Crippen LogP contribution in [0.5, 0.6) is 11.5 Å². The Balaban J connectivity index is 1.01. The predicted molar refractivity (Wildman–Crippen MR) is 178 cm³/mol. The van der Waals surface area contributed by atoms with Gasteiger partial charge in [-0.05, 0) is 59.3 Å². The van der Waals surface area contributed by atoms with Crippen LogP contribution in [0.3, 0.4) is 0 Å². The Morgan fingerprint density at radius 1 is 0.412 bits per heavy atom. The van der Waals surface area contributed by atoms with Crippen molar-refractivity contribution in [1.29, 1.82) is 0 Å². The number of rotatable bonds is 8. The number of imide groups is 2. The molecular formula is C36H20N2O11S2. The van der Waals surface area contributed by atoms with Crippen LogP contribution < -0.4 is 4.74 Å². The molecule has 6 aromatic carbocycles. The smallest absolute Gasteiger partial charge is 0.318 e. The van der Waals surface area contributed by atoms with Gasteiger partial charge in [0.25, 0.3) is 23.6 Å². The number of carbonyl (C=O) groups is 4. The Hall–Kier alpha value is -6.26. The number of amides is 4. The lowest BCUT2D eigenvalue weighted by molar-refractivity contribution is -0.0107. The zero-order chi connectivity index (χ0) is 35.7. The highest BCUT2D eigenvalue weighted by molar-refractivity contribution is 7.87. The third-order valence-electron chi connectivity index (χ3n) is 8.26. The minimum absolute atomic E-state index is 0.0111. The normalized spacial score (nSPS) is 14.4. The number of benzene rings is 6. The lowest BCUT2D eigenvalue weighted by Crippen LogP contribution is -2.32. The van der Waals surface area contributed by atoms with Crippen molar-refractivity contribution in [3.8, 4) is 11.5 Å². The van der Waals surface area contributed by atoms with Crippen LogP contribution in [0.1, 0.15) is 41.4 Å². The second-order valence-electron chi connectivity index (χ2n) is 11.3. The molecule has 0 N–H and O–H groups in total. The molecule has 0 aliphatic carbocycles. The van der Waals surface area contributed by atoms with E-state index in [1.165, 1.54) is 60.7 Å². The molecule has 0 fully saturated rings. The third-order valence-corrected chi connectivity index (χ3v) is 10.7. The lowest BCUT2D eigenvalue weighted by atomic mass is 10.1. The van der Waals surface area contributed by atoms with Crippen molar-refractivity contribution in [3.05, 3.63) is 144 Å². The number of nitrogens with zero attached hydrogens (tertiary/aromatic N) is 2. The summed E-state index contributed by atoms with van der Waals surface area (Å²) in [6.45, 7) is 0. The molecule has 13 nitrogen and oxygen atoms in total. The first-order valence-corrected chi connectivity index (χ1v) is 17.8. The molecule has 0 unspecified atom stereocenters. The van der Waals surface area contributed by atoms with Gasteiger partial charge in [0.15, 0.2) is 0 Å². The molecule has 4 amide bonds. The second kappa shape index (κ2) is 11.7. The minimum Gasteiger partial charge on any atom is -0.457 e. The summed E-state index contributed by atoms with van der Waals surface area (Å²) >= 11 is 0. The van der Waals surface area contributed by atoms with Crippen LogP contribution in [-0.4, -0.2) is 50.6 Å². The van der Waals surface area contributed by atoms with Crippen LogP contribution in [0.4, 0.5) is 0 Å². The van der Waals surface area contributed by atoms with Gasteiger partial charge in [-0.1, -0.05) is 72.8 Å². The number of ether oxygens (including phenoxy) is 1. The summed E-state index contributed by atoms with van der Waals surface area (Å²) in [6, 6.07) is 29.8. The van der Waals surface area contributed by atoms with E-state index in [9.17, 15) is 36.0 Å². The van der Waals surface area contributed by atoms with Crippen molar-refractivity contribution in [1.82, 2.24) is 10.1 Å². The Kier molecular flexibility index (Phi) is 7.32. The summed E-state index contributed by atoms with van der Waals surface area (Å²) in [4.78, 5) is 52.2. The van der Waals surface area contributed by atoms with Gasteiger partial charge in [-0.2, -0.15) is 16.8 Å². The monoisotopic (exact) mass is 720 g/mol. The highest BCUT2D eigenvalue weighted by Crippen LogP contribution is 2.35. The Labute approximate surface area is 288 Å². The molecule has 0 saturated carbocycles. The molecule has 51 heavy (non-hydrogen) atoms. The van der Waals surface area contributed by atoms with E-state index in [-0.39, 0.29) is 53.7 Å². The average molecular weight is 721 g/mol. The molecule has 15 heteroatoms. The fourth-order valence-corrected chi connectivity index (χ4v) is 8.12. The summed E-state index contributed by atoms with van der Waals surface area (Å²) in [5.74, 6) is -4.11. The summed E-state index contributed by atoms with van der Waals surface area (Å²) in [7, 11) is -9.26. The van der Waals surface area contributed by atoms with Crippen LogP contribution in [0.2, 0.25) is 0 Å². The van der Waals surface area contributed by atoms with Gasteiger partial charge in [0.05, 0.1) is 22.3 Å². The molecule has 0 aromatic heterocycles. The number of carbonyl (C=O) groups excluding carboxylic acids is 4. The van der Waals surface area contributed by atoms with E-state index in [0.717, 1.165) is 0 Å². The number of fused-ring (bicyclic) bond motifs is 4. The molecular weight excluding hydrogens is 701 g/mol. The molecule has 252 valence electrons. The topological polar surface area (TPSA) is 171 Å². The van der Waals surface area contributed by atoms with Crippen molar-refractivity contribution in [2.75, 3.05) is 0 Å². The first kappa shape index (κ1) is 32.0. The van der Waals surface area contributed by atoms with Crippen molar-refractivity contribution in [2.45, 2.75) is 9.79 Å². The number of hydroxylamine groups is 4. The van der Waals surface area contributed by atoms with Gasteiger partial charge in [-0.25, -0.2) is 0 Å². The zero-order valence-corrected chi connectivity index (χ0v) is 27.4. The summed E-state index contributed by atoms with van der Waals surface area (Å²) in [6.07, 6.45) is 0. The Morgan fingerprint density at radius 3 is 1.22 bits per heavy atom. The van der Waals surface area contributed by atoms with Gasteiger partial charge in [0.1, 0.15) is 21.3 Å². The highest BCUT2D eigenvalue weighted by atomic mass is 32.2. The fraction of sp³-hybridized carbons (Fsp3) is 0. The molecule has 0 radical (unpaired) electrons. The zero-order valence-electron chi connectivity index (χ0n) is 25.7. The Bertz CT molecular complexity index is 2560. The Morgan fingerprint density at radius 2 is 0.784 bits per heavy atom. The predicted octanol–water partition coefficient (Wildman–Crippen LogP) is 5.62. The average Bonchev–Trinajstić information content (AvgIpc) is 3.49. The summed E-state index contributed by atoms with van der Waals surface area (Å²) in [5.41, 5.74) is -0.710. The van der Waals surface area contributed by atoms with Crippen LogP contribution in [-0.2, 0) is 28.8 Å². The van der Waals surface area contributed by atoms with Crippen molar-refractivity contribution < 1.29 is 49.3 Å². The molecule has 2 aliphatic heterocycles. The standard InChI is InChI=1S/C36H20N2O11S2/c39-33-27-17-15-23(19-29(27)35(41)37(33)48-50(43,44)31-13-5-9-21-7-1-3-11-25(21)31)47-24-16-18-28-30(20-24)36(42)38(34(28)40)49-51(45,46)32-14-6-10-22-8-2-4-12-26(22)32/h1-20H. The minimum atomic E-state index is -4.63. The van der Waals surface area contributed by atoms with Crippen LogP contribution in [0.15, 0.2) is 131 Å². The maximum Gasteiger partial charge on any atom is 0.318 e. The third kappa shape index (κ3) is 5.32. The molecule has 0 atom stereocenters. The van der Waals surface area contributed by atoms with Gasteiger partial charge in [0, 0.05) is 10.8 Å². The van der Waals surface area contributed by atoms with Crippen molar-refractivity contribution in [2.24, 2.45) is 0 Å². The van der Waals surface area contributed by atoms with Crippen molar-refractivity contribution in [3.63, 3.8) is 0 Å². The quantitative estimate of drug-likeness (QED) is 0.179. The molecule has 2 heterocycles. The SMILES string of the molecule is O=C1c2ccc(Oc3ccc4c(c3)C(=O)N(OS(=O)(=O)c3cccc5ccccc35)C4=O)cc2C(=O)N1OS(=O)(=O)c1cccc2ccccc12. The lowest BCUT2D eigenvalue weighted by Gasteiger charge is -2.14. The van der Waals surface area contributed by atoms with Gasteiger partial charge in [0.2, 0.25) is 0 Å². The van der Waals surface area contributed by atoms with E-state index in [2.05, 4.69) is 0 Å². The number of hydrogen-bond donors (Lipinski definition) is 0. The van der Waals surface area contributed by atoms with Crippen LogP contribution >= 0.6 is 0 Å². The van der Waals surface area contributed by atoms with E-state index in [0.29, 0.717) is 21.5 Å². The highest BCUT2D eigenvalue weighted by Gasteiger charge is 2.42. The first-order chi connectivity index (χ1) is 24.4. The maximum absolute atomic E-state index is 13.3. The van der Waals surface area contributed by atoms with E-state index in [1.807, 2.05) is 0 Å². The molecule has 0 saturated heterocycles. The molecule has 0 spiro atoms. The fourth-order valence-electron chi connectivity index (χ4n) is 5.90. The van der Waals surface area contributed by atoms with Crippen molar-refractivity contribution >= 4 is 65.4 Å². The summed E-state index contributed by atoms with van der Waals surface area (Å²) in [5, 5.41) is 2.20. The van der Waals surface area contributed by atoms with Crippen LogP contribution in [0.25, 0.3) is 21.5 Å². The molecule has 2 aliphatic rings. The molecule has 0 bridgehead atoms. The van der Waals surface area contributed by atoms with E-state index in [4.69, 9.17) is 13.3 Å². The maximum atomic E-state index is 13.3. The summed E-state index contributed by atoms with van der Waals surface area (Å²) < 4.78 is 68.9. The van der Waals surface area contributed by atoms with Crippen LogP contribution in [0, 0.1) is 0 Å². The molecule has 6 aromatic rings. The van der Waals surface area contributed by atoms with Gasteiger partial charge in [-0.3, -0.25) is 19.2 Å². The van der Waals surface area contributed by atoms with E-state index in [1.54, 1.807) is 60.7 Å². The van der Waals surface area contributed by atoms with Gasteiger partial charge < -0.3 is 4.74 Å². The second-order valence-corrected chi connectivity index (χ2v) is 14.3. The number of hydrogen-bond acceptors (Lipinski definition) is 11. The van der Waals surface area contributed by atoms with E-state index >= 15 is 0 Å². The first-order valence-electron chi connectivity index (χ1n) is 15.0. The van der Waals surface area contributed by atoms with E-state index < -0.39 is 43.9 Å². The molecule has 8 rings (SSSR count).